The van der Waals surface area contributed by atoms with Gasteiger partial charge in [0.2, 0.25) is 0 Å². The van der Waals surface area contributed by atoms with Gasteiger partial charge in [0.25, 0.3) is 5.56 Å². The zero-order chi connectivity index (χ0) is 15.9. The predicted octanol–water partition coefficient (Wildman–Crippen LogP) is 3.33. The summed E-state index contributed by atoms with van der Waals surface area (Å²) in [6.07, 6.45) is 1.64. The Labute approximate surface area is 133 Å². The van der Waals surface area contributed by atoms with Gasteiger partial charge < -0.3 is 9.30 Å². The van der Waals surface area contributed by atoms with Crippen LogP contribution in [0.1, 0.15) is 29.4 Å². The van der Waals surface area contributed by atoms with Crippen LogP contribution in [0.4, 0.5) is 0 Å². The van der Waals surface area contributed by atoms with Crippen molar-refractivity contribution in [1.29, 1.82) is 0 Å². The molecule has 5 heteroatoms. The molecule has 22 heavy (non-hydrogen) atoms. The van der Waals surface area contributed by atoms with Gasteiger partial charge in [-0.05, 0) is 44.0 Å². The van der Waals surface area contributed by atoms with Crippen molar-refractivity contribution in [3.63, 3.8) is 0 Å². The molecule has 0 N–H and O–H groups in total. The van der Waals surface area contributed by atoms with Gasteiger partial charge in [0.1, 0.15) is 5.75 Å². The van der Waals surface area contributed by atoms with Gasteiger partial charge in [-0.15, -0.1) is 0 Å². The quantitative estimate of drug-likeness (QED) is 0.816. The molecule has 0 radical (unpaired) electrons. The van der Waals surface area contributed by atoms with Gasteiger partial charge in [-0.2, -0.15) is 0 Å². The molecule has 114 valence electrons. The van der Waals surface area contributed by atoms with Gasteiger partial charge in [-0.1, -0.05) is 11.6 Å². The summed E-state index contributed by atoms with van der Waals surface area (Å²) in [6, 6.07) is 6.81. The summed E-state index contributed by atoms with van der Waals surface area (Å²) in [7, 11) is 1.55. The normalized spacial score (nSPS) is 13.0. The van der Waals surface area contributed by atoms with Crippen LogP contribution in [0.5, 0.6) is 5.75 Å². The molecule has 0 fully saturated rings. The van der Waals surface area contributed by atoms with Crippen LogP contribution in [0.15, 0.2) is 29.1 Å². The van der Waals surface area contributed by atoms with Crippen molar-refractivity contribution >= 4 is 17.4 Å². The monoisotopic (exact) mass is 317 g/mol. The van der Waals surface area contributed by atoms with E-state index in [2.05, 4.69) is 0 Å². The first kappa shape index (κ1) is 14.9. The number of benzene rings is 1. The van der Waals surface area contributed by atoms with Crippen LogP contribution in [-0.4, -0.2) is 17.5 Å². The van der Waals surface area contributed by atoms with Crippen molar-refractivity contribution in [2.75, 3.05) is 7.11 Å². The molecule has 4 nitrogen and oxygen atoms in total. The first-order chi connectivity index (χ1) is 10.5. The minimum Gasteiger partial charge on any atom is -0.496 e. The largest absolute Gasteiger partial charge is 0.496 e. The molecule has 1 aromatic carbocycles. The summed E-state index contributed by atoms with van der Waals surface area (Å²) in [6.45, 7) is 2.17. The first-order valence-corrected chi connectivity index (χ1v) is 7.52. The summed E-state index contributed by atoms with van der Waals surface area (Å²) < 4.78 is 7.04. The third kappa shape index (κ3) is 2.33. The Morgan fingerprint density at radius 2 is 2.05 bits per heavy atom. The third-order valence-electron chi connectivity index (χ3n) is 4.03. The smallest absolute Gasteiger partial charge is 0.258 e. The Morgan fingerprint density at radius 3 is 2.73 bits per heavy atom. The molecule has 0 atom stereocenters. The molecule has 0 amide bonds. The number of pyridine rings is 1. The molecule has 0 aliphatic carbocycles. The van der Waals surface area contributed by atoms with Gasteiger partial charge in [-0.3, -0.25) is 9.59 Å². The highest BCUT2D eigenvalue weighted by molar-refractivity contribution is 6.31. The van der Waals surface area contributed by atoms with Crippen LogP contribution in [0.2, 0.25) is 5.02 Å². The summed E-state index contributed by atoms with van der Waals surface area (Å²) in [4.78, 5) is 24.7. The SMILES string of the molecule is COc1ccc(Cl)cc1-c1cc(C(C)=O)c2n(c1=O)CCC2. The Bertz CT molecular complexity index is 823. The van der Waals surface area contributed by atoms with Crippen molar-refractivity contribution in [3.05, 3.63) is 50.9 Å². The van der Waals surface area contributed by atoms with Gasteiger partial charge in [0.05, 0.1) is 12.7 Å². The van der Waals surface area contributed by atoms with E-state index in [0.717, 1.165) is 18.5 Å². The standard InChI is InChI=1S/C17H16ClNO3/c1-10(20)12-9-14(17(21)19-7-3-4-15(12)19)13-8-11(18)5-6-16(13)22-2/h5-6,8-9H,3-4,7H2,1-2H3. The average Bonchev–Trinajstić information content (AvgIpc) is 2.97. The fraction of sp³-hybridized carbons (Fsp3) is 0.294. The fourth-order valence-corrected chi connectivity index (χ4v) is 3.17. The van der Waals surface area contributed by atoms with Crippen molar-refractivity contribution in [1.82, 2.24) is 4.57 Å². The van der Waals surface area contributed by atoms with Crippen LogP contribution in [-0.2, 0) is 13.0 Å². The van der Waals surface area contributed by atoms with Crippen LogP contribution in [0.3, 0.4) is 0 Å². The molecule has 2 aromatic rings. The van der Waals surface area contributed by atoms with E-state index in [1.54, 1.807) is 35.9 Å². The number of halogens is 1. The Kier molecular flexibility index (Phi) is 3.79. The topological polar surface area (TPSA) is 48.3 Å². The highest BCUT2D eigenvalue weighted by Crippen LogP contribution is 2.32. The number of fused-ring (bicyclic) bond motifs is 1. The van der Waals surface area contributed by atoms with E-state index in [1.165, 1.54) is 6.92 Å². The number of Topliss-reactive ketones (excluding diaryl/α,β-unsaturated/α-hetero) is 1. The minimum atomic E-state index is -0.0990. The van der Waals surface area contributed by atoms with Gasteiger partial charge in [0, 0.05) is 28.4 Å². The maximum atomic E-state index is 12.8. The highest BCUT2D eigenvalue weighted by atomic mass is 35.5. The molecular weight excluding hydrogens is 302 g/mol. The first-order valence-electron chi connectivity index (χ1n) is 7.14. The molecule has 1 aromatic heterocycles. The number of aromatic nitrogens is 1. The Hall–Kier alpha value is -2.07. The van der Waals surface area contributed by atoms with E-state index in [9.17, 15) is 9.59 Å². The molecule has 0 saturated carbocycles. The lowest BCUT2D eigenvalue weighted by atomic mass is 10.0. The van der Waals surface area contributed by atoms with Crippen LogP contribution >= 0.6 is 11.6 Å². The molecule has 0 bridgehead atoms. The van der Waals surface area contributed by atoms with E-state index in [1.807, 2.05) is 0 Å². The fourth-order valence-electron chi connectivity index (χ4n) is 3.00. The van der Waals surface area contributed by atoms with Crippen molar-refractivity contribution in [2.24, 2.45) is 0 Å². The third-order valence-corrected chi connectivity index (χ3v) is 4.26. The second kappa shape index (κ2) is 5.61. The van der Waals surface area contributed by atoms with E-state index in [0.29, 0.717) is 34.0 Å². The maximum Gasteiger partial charge on any atom is 0.258 e. The molecule has 0 unspecified atom stereocenters. The van der Waals surface area contributed by atoms with E-state index in [-0.39, 0.29) is 11.3 Å². The lowest BCUT2D eigenvalue weighted by molar-refractivity contribution is 0.101. The molecule has 1 aliphatic heterocycles. The predicted molar refractivity (Wildman–Crippen MR) is 86.0 cm³/mol. The Morgan fingerprint density at radius 1 is 1.27 bits per heavy atom. The lowest BCUT2D eigenvalue weighted by Crippen LogP contribution is -2.23. The lowest BCUT2D eigenvalue weighted by Gasteiger charge is -2.13. The number of ketones is 1. The average molecular weight is 318 g/mol. The van der Waals surface area contributed by atoms with Gasteiger partial charge >= 0.3 is 0 Å². The van der Waals surface area contributed by atoms with Crippen LogP contribution < -0.4 is 10.3 Å². The van der Waals surface area contributed by atoms with Crippen LogP contribution in [0, 0.1) is 0 Å². The number of nitrogens with zero attached hydrogens (tertiary/aromatic N) is 1. The number of hydrogen-bond donors (Lipinski definition) is 0. The second-order valence-electron chi connectivity index (χ2n) is 5.38. The van der Waals surface area contributed by atoms with Gasteiger partial charge in [-0.25, -0.2) is 0 Å². The van der Waals surface area contributed by atoms with Gasteiger partial charge in [0.15, 0.2) is 5.78 Å². The zero-order valence-electron chi connectivity index (χ0n) is 12.5. The number of carbonyl (C=O) groups is 1. The minimum absolute atomic E-state index is 0.0344. The van der Waals surface area contributed by atoms with E-state index < -0.39 is 0 Å². The molecule has 3 rings (SSSR count). The van der Waals surface area contributed by atoms with Crippen LogP contribution in [0.25, 0.3) is 11.1 Å². The maximum absolute atomic E-state index is 12.8. The summed E-state index contributed by atoms with van der Waals surface area (Å²) in [5.74, 6) is 0.530. The van der Waals surface area contributed by atoms with Crippen molar-refractivity contribution < 1.29 is 9.53 Å². The summed E-state index contributed by atoms with van der Waals surface area (Å²) in [5.41, 5.74) is 2.41. The molecule has 1 aliphatic rings. The van der Waals surface area contributed by atoms with E-state index >= 15 is 0 Å². The van der Waals surface area contributed by atoms with Crippen molar-refractivity contribution in [2.45, 2.75) is 26.3 Å². The number of rotatable bonds is 3. The zero-order valence-corrected chi connectivity index (χ0v) is 13.2. The summed E-state index contributed by atoms with van der Waals surface area (Å²) in [5, 5.41) is 0.519. The Balaban J connectivity index is 2.33. The molecule has 2 heterocycles. The van der Waals surface area contributed by atoms with E-state index in [4.69, 9.17) is 16.3 Å². The number of ether oxygens (including phenoxy) is 1. The second-order valence-corrected chi connectivity index (χ2v) is 5.82. The highest BCUT2D eigenvalue weighted by Gasteiger charge is 2.23. The molecular formula is C17H16ClNO3. The summed E-state index contributed by atoms with van der Waals surface area (Å²) >= 11 is 6.06. The van der Waals surface area contributed by atoms with Crippen molar-refractivity contribution in [3.8, 4) is 16.9 Å². The molecule has 0 saturated heterocycles. The number of hydrogen-bond acceptors (Lipinski definition) is 3. The number of carbonyl (C=O) groups excluding carboxylic acids is 1. The number of methoxy groups -OCH3 is 1. The molecule has 0 spiro atoms.